The second-order valence-corrected chi connectivity index (χ2v) is 5.30. The monoisotopic (exact) mass is 354 g/mol. The highest BCUT2D eigenvalue weighted by molar-refractivity contribution is 5.68. The van der Waals surface area contributed by atoms with E-state index in [-0.39, 0.29) is 28.8 Å². The number of halogens is 2. The van der Waals surface area contributed by atoms with Crippen molar-refractivity contribution in [2.24, 2.45) is 0 Å². The minimum absolute atomic E-state index is 0.00263. The van der Waals surface area contributed by atoms with Gasteiger partial charge in [0.1, 0.15) is 23.0 Å². The highest BCUT2D eigenvalue weighted by Crippen LogP contribution is 2.26. The molecule has 0 saturated carbocycles. The van der Waals surface area contributed by atoms with Gasteiger partial charge in [-0.3, -0.25) is 4.98 Å². The molecular formula is C18H11F2N5O. The van der Waals surface area contributed by atoms with Crippen molar-refractivity contribution in [2.45, 2.75) is 6.85 Å². The van der Waals surface area contributed by atoms with Gasteiger partial charge in [0, 0.05) is 21.6 Å². The molecule has 6 nitrogen and oxygen atoms in total. The molecule has 0 unspecified atom stereocenters. The van der Waals surface area contributed by atoms with Gasteiger partial charge in [0.25, 0.3) is 5.89 Å². The smallest absolute Gasteiger partial charge is 0.276 e. The second kappa shape index (κ2) is 6.40. The van der Waals surface area contributed by atoms with E-state index in [0.29, 0.717) is 11.1 Å². The summed E-state index contributed by atoms with van der Waals surface area (Å²) in [7, 11) is 0. The van der Waals surface area contributed by atoms with Gasteiger partial charge in [-0.1, -0.05) is 5.16 Å². The van der Waals surface area contributed by atoms with Gasteiger partial charge in [0.05, 0.1) is 12.4 Å². The Bertz CT molecular complexity index is 1180. The lowest BCUT2D eigenvalue weighted by molar-refractivity contribution is 0.430. The van der Waals surface area contributed by atoms with Crippen LogP contribution in [0.25, 0.3) is 34.2 Å². The van der Waals surface area contributed by atoms with Crippen molar-refractivity contribution < 1.29 is 17.4 Å². The van der Waals surface area contributed by atoms with Crippen LogP contribution < -0.4 is 0 Å². The second-order valence-electron chi connectivity index (χ2n) is 5.30. The molecule has 0 atom stereocenters. The van der Waals surface area contributed by atoms with Crippen molar-refractivity contribution >= 4 is 0 Å². The van der Waals surface area contributed by atoms with Crippen molar-refractivity contribution in [3.63, 3.8) is 0 Å². The zero-order chi connectivity index (χ0) is 20.6. The van der Waals surface area contributed by atoms with Crippen molar-refractivity contribution in [1.29, 1.82) is 0 Å². The number of aryl methyl sites for hydroxylation is 1. The standard InChI is InChI=1S/C18H11F2N5O/c1-10-4-11(12-5-14(20)8-21-7-12)6-16(23-10)17-24-18(26-25-17)15-3-2-13(19)9-22-15/h2-9H,1H3/i1D3. The van der Waals surface area contributed by atoms with Crippen LogP contribution in [-0.4, -0.2) is 25.1 Å². The van der Waals surface area contributed by atoms with Crippen molar-refractivity contribution in [3.05, 3.63) is 66.3 Å². The maximum absolute atomic E-state index is 13.6. The fraction of sp³-hybridized carbons (Fsp3) is 0.0556. The van der Waals surface area contributed by atoms with Gasteiger partial charge in [-0.15, -0.1) is 0 Å². The lowest BCUT2D eigenvalue weighted by Gasteiger charge is -2.04. The first-order valence-electron chi connectivity index (χ1n) is 8.89. The summed E-state index contributed by atoms with van der Waals surface area (Å²) in [5.41, 5.74) is 0.865. The van der Waals surface area contributed by atoms with E-state index in [2.05, 4.69) is 25.1 Å². The Kier molecular flexibility index (Phi) is 3.14. The van der Waals surface area contributed by atoms with Crippen LogP contribution in [0.4, 0.5) is 8.78 Å². The Balaban J connectivity index is 1.81. The Labute approximate surface area is 150 Å². The van der Waals surface area contributed by atoms with Crippen LogP contribution in [-0.2, 0) is 0 Å². The van der Waals surface area contributed by atoms with Crippen LogP contribution >= 0.6 is 0 Å². The largest absolute Gasteiger partial charge is 0.332 e. The van der Waals surface area contributed by atoms with Crippen LogP contribution in [0, 0.1) is 18.5 Å². The molecule has 0 N–H and O–H groups in total. The highest BCUT2D eigenvalue weighted by atomic mass is 19.1. The lowest BCUT2D eigenvalue weighted by atomic mass is 10.1. The van der Waals surface area contributed by atoms with Crippen LogP contribution in [0.5, 0.6) is 0 Å². The first-order valence-corrected chi connectivity index (χ1v) is 7.39. The maximum Gasteiger partial charge on any atom is 0.276 e. The molecule has 0 amide bonds. The Morgan fingerprint density at radius 1 is 0.923 bits per heavy atom. The number of rotatable bonds is 3. The zero-order valence-electron chi connectivity index (χ0n) is 16.0. The summed E-state index contributed by atoms with van der Waals surface area (Å²) in [6.45, 7) is -2.52. The van der Waals surface area contributed by atoms with Crippen molar-refractivity contribution in [3.8, 4) is 34.2 Å². The molecule has 0 aromatic carbocycles. The van der Waals surface area contributed by atoms with Crippen LogP contribution in [0.15, 0.2) is 53.4 Å². The summed E-state index contributed by atoms with van der Waals surface area (Å²) in [4.78, 5) is 15.9. The number of hydrogen-bond donors (Lipinski definition) is 0. The summed E-state index contributed by atoms with van der Waals surface area (Å²) in [5.74, 6) is -1.08. The Morgan fingerprint density at radius 3 is 2.62 bits per heavy atom. The van der Waals surface area contributed by atoms with E-state index in [9.17, 15) is 8.78 Å². The molecule has 0 spiro atoms. The predicted molar refractivity (Wildman–Crippen MR) is 88.6 cm³/mol. The molecule has 0 aliphatic heterocycles. The van der Waals surface area contributed by atoms with Gasteiger partial charge in [-0.2, -0.15) is 4.98 Å². The summed E-state index contributed by atoms with van der Waals surface area (Å²) in [6, 6.07) is 6.60. The highest BCUT2D eigenvalue weighted by Gasteiger charge is 2.14. The fourth-order valence-electron chi connectivity index (χ4n) is 2.32. The summed E-state index contributed by atoms with van der Waals surface area (Å²) in [6.07, 6.45) is 3.44. The Hall–Kier alpha value is -3.55. The van der Waals surface area contributed by atoms with E-state index in [1.165, 1.54) is 36.5 Å². The van der Waals surface area contributed by atoms with E-state index >= 15 is 0 Å². The summed E-state index contributed by atoms with van der Waals surface area (Å²) in [5, 5.41) is 3.81. The van der Waals surface area contributed by atoms with E-state index in [1.807, 2.05) is 0 Å². The molecule has 4 rings (SSSR count). The first-order chi connectivity index (χ1) is 13.8. The zero-order valence-corrected chi connectivity index (χ0v) is 13.0. The van der Waals surface area contributed by atoms with E-state index in [0.717, 1.165) is 12.4 Å². The quantitative estimate of drug-likeness (QED) is 0.556. The third kappa shape index (κ3) is 3.16. The van der Waals surface area contributed by atoms with E-state index in [4.69, 9.17) is 8.64 Å². The molecule has 0 radical (unpaired) electrons. The van der Waals surface area contributed by atoms with Gasteiger partial charge in [-0.25, -0.2) is 18.7 Å². The van der Waals surface area contributed by atoms with Crippen LogP contribution in [0.1, 0.15) is 9.81 Å². The normalized spacial score (nSPS) is 13.1. The van der Waals surface area contributed by atoms with Gasteiger partial charge >= 0.3 is 0 Å². The maximum atomic E-state index is 13.6. The number of hydrogen-bond acceptors (Lipinski definition) is 6. The fourth-order valence-corrected chi connectivity index (χ4v) is 2.32. The molecule has 8 heteroatoms. The van der Waals surface area contributed by atoms with Crippen molar-refractivity contribution in [2.75, 3.05) is 0 Å². The topological polar surface area (TPSA) is 77.6 Å². The minimum atomic E-state index is -2.52. The first kappa shape index (κ1) is 12.8. The van der Waals surface area contributed by atoms with Gasteiger partial charge in [0.15, 0.2) is 0 Å². The number of pyridine rings is 3. The molecule has 0 aliphatic carbocycles. The number of aromatic nitrogens is 5. The SMILES string of the molecule is [2H]C([2H])([2H])c1cc(-c2cncc(F)c2)cc(-c2noc(-c3ccc(F)cn3)n2)n1. The molecule has 128 valence electrons. The van der Waals surface area contributed by atoms with Crippen LogP contribution in [0.2, 0.25) is 0 Å². The van der Waals surface area contributed by atoms with Crippen LogP contribution in [0.3, 0.4) is 0 Å². The molecular weight excluding hydrogens is 340 g/mol. The average molecular weight is 354 g/mol. The third-order valence-corrected chi connectivity index (χ3v) is 3.47. The van der Waals surface area contributed by atoms with E-state index < -0.39 is 18.5 Å². The predicted octanol–water partition coefficient (Wildman–Crippen LogP) is 3.84. The molecule has 26 heavy (non-hydrogen) atoms. The Morgan fingerprint density at radius 2 is 1.85 bits per heavy atom. The molecule has 4 aromatic heterocycles. The summed E-state index contributed by atoms with van der Waals surface area (Å²) < 4.78 is 54.7. The third-order valence-electron chi connectivity index (χ3n) is 3.47. The molecule has 0 fully saturated rings. The molecule has 4 aromatic rings. The average Bonchev–Trinajstić information content (AvgIpc) is 3.18. The lowest BCUT2D eigenvalue weighted by Crippen LogP contribution is -1.92. The van der Waals surface area contributed by atoms with Crippen molar-refractivity contribution in [1.82, 2.24) is 25.1 Å². The minimum Gasteiger partial charge on any atom is -0.332 e. The van der Waals surface area contributed by atoms with Gasteiger partial charge in [0.2, 0.25) is 5.82 Å². The number of nitrogens with zero attached hydrogens (tertiary/aromatic N) is 5. The summed E-state index contributed by atoms with van der Waals surface area (Å²) >= 11 is 0. The van der Waals surface area contributed by atoms with E-state index in [1.54, 1.807) is 0 Å². The van der Waals surface area contributed by atoms with Gasteiger partial charge in [-0.05, 0) is 42.7 Å². The molecule has 0 aliphatic rings. The molecule has 0 bridgehead atoms. The molecule has 0 saturated heterocycles. The van der Waals surface area contributed by atoms with Gasteiger partial charge < -0.3 is 4.52 Å². The molecule has 4 heterocycles.